The Balaban J connectivity index is 2.04. The Morgan fingerprint density at radius 2 is 2.22 bits per heavy atom. The molecule has 0 aliphatic carbocycles. The number of hydrogen-bond donors (Lipinski definition) is 1. The first-order valence-electron chi connectivity index (χ1n) is 6.11. The fraction of sp³-hybridized carbons (Fsp3) is 0.538. The van der Waals surface area contributed by atoms with Crippen molar-refractivity contribution in [1.82, 2.24) is 10.2 Å². The maximum Gasteiger partial charge on any atom is 0.246 e. The molecule has 2 atom stereocenters. The van der Waals surface area contributed by atoms with Crippen LogP contribution in [-0.2, 0) is 9.59 Å². The highest BCUT2D eigenvalue weighted by atomic mass is 32.1. The van der Waals surface area contributed by atoms with E-state index in [1.165, 1.54) is 15.3 Å². The smallest absolute Gasteiger partial charge is 0.246 e. The lowest BCUT2D eigenvalue weighted by atomic mass is 10.0. The second-order valence-corrected chi connectivity index (χ2v) is 5.69. The molecule has 0 spiro atoms. The molecule has 18 heavy (non-hydrogen) atoms. The Morgan fingerprint density at radius 1 is 1.50 bits per heavy atom. The van der Waals surface area contributed by atoms with Crippen LogP contribution in [0.2, 0.25) is 0 Å². The average Bonchev–Trinajstić information content (AvgIpc) is 2.76. The number of likely N-dealkylation sites (N-methyl/N-ethyl adjacent to an activating group) is 1. The number of nitrogens with zero attached hydrogens (tertiary/aromatic N) is 1. The molecule has 0 aromatic carbocycles. The van der Waals surface area contributed by atoms with Crippen molar-refractivity contribution in [3.8, 4) is 0 Å². The summed E-state index contributed by atoms with van der Waals surface area (Å²) in [5.74, 6) is -0.203. The van der Waals surface area contributed by atoms with Gasteiger partial charge < -0.3 is 0 Å². The standard InChI is InChI=1S/C13H18N2O2S/c1-8-6-7-18-12(8)9(2)14-10-4-5-11(16)15(3)13(10)17/h6-7,9-10,14H,4-5H2,1-3H3. The summed E-state index contributed by atoms with van der Waals surface area (Å²) in [4.78, 5) is 25.9. The molecule has 2 amide bonds. The minimum atomic E-state index is -0.246. The zero-order valence-corrected chi connectivity index (χ0v) is 11.7. The molecule has 1 aromatic heterocycles. The van der Waals surface area contributed by atoms with Gasteiger partial charge in [-0.3, -0.25) is 19.8 Å². The number of rotatable bonds is 3. The van der Waals surface area contributed by atoms with Crippen LogP contribution in [0.25, 0.3) is 0 Å². The van der Waals surface area contributed by atoms with E-state index in [0.717, 1.165) is 0 Å². The first-order valence-corrected chi connectivity index (χ1v) is 6.99. The lowest BCUT2D eigenvalue weighted by molar-refractivity contribution is -0.148. The molecule has 0 bridgehead atoms. The van der Waals surface area contributed by atoms with E-state index < -0.39 is 0 Å². The van der Waals surface area contributed by atoms with Crippen LogP contribution in [-0.4, -0.2) is 29.8 Å². The maximum absolute atomic E-state index is 12.0. The monoisotopic (exact) mass is 266 g/mol. The summed E-state index contributed by atoms with van der Waals surface area (Å²) in [7, 11) is 1.56. The van der Waals surface area contributed by atoms with Crippen molar-refractivity contribution in [3.05, 3.63) is 21.9 Å². The van der Waals surface area contributed by atoms with Crippen molar-refractivity contribution in [2.75, 3.05) is 7.05 Å². The first-order chi connectivity index (χ1) is 8.50. The number of aryl methyl sites for hydroxylation is 1. The Morgan fingerprint density at radius 3 is 2.83 bits per heavy atom. The molecule has 1 saturated heterocycles. The summed E-state index contributed by atoms with van der Waals surface area (Å²) >= 11 is 1.69. The fourth-order valence-corrected chi connectivity index (χ4v) is 3.22. The number of hydrogen-bond acceptors (Lipinski definition) is 4. The molecule has 1 aromatic rings. The second kappa shape index (κ2) is 5.20. The molecule has 0 radical (unpaired) electrons. The first kappa shape index (κ1) is 13.2. The zero-order chi connectivity index (χ0) is 13.3. The lowest BCUT2D eigenvalue weighted by Crippen LogP contribution is -2.51. The molecule has 4 nitrogen and oxygen atoms in total. The number of nitrogens with one attached hydrogen (secondary N) is 1. The molecular formula is C13H18N2O2S. The van der Waals surface area contributed by atoms with Gasteiger partial charge in [0.15, 0.2) is 0 Å². The summed E-state index contributed by atoms with van der Waals surface area (Å²) in [5, 5.41) is 5.39. The number of thiophene rings is 1. The van der Waals surface area contributed by atoms with E-state index in [9.17, 15) is 9.59 Å². The van der Waals surface area contributed by atoms with E-state index in [-0.39, 0.29) is 23.9 Å². The van der Waals surface area contributed by atoms with Crippen LogP contribution in [0.4, 0.5) is 0 Å². The van der Waals surface area contributed by atoms with Crippen molar-refractivity contribution in [2.45, 2.75) is 38.8 Å². The summed E-state index contributed by atoms with van der Waals surface area (Å²) in [6.45, 7) is 4.13. The molecule has 1 N–H and O–H groups in total. The van der Waals surface area contributed by atoms with E-state index >= 15 is 0 Å². The Hall–Kier alpha value is -1.20. The van der Waals surface area contributed by atoms with Gasteiger partial charge in [-0.1, -0.05) is 0 Å². The summed E-state index contributed by atoms with van der Waals surface area (Å²) in [5.41, 5.74) is 1.24. The van der Waals surface area contributed by atoms with Gasteiger partial charge >= 0.3 is 0 Å². The third-order valence-corrected chi connectivity index (χ3v) is 4.60. The molecule has 1 aliphatic rings. The zero-order valence-electron chi connectivity index (χ0n) is 10.9. The van der Waals surface area contributed by atoms with E-state index in [0.29, 0.717) is 12.8 Å². The number of piperidine rings is 1. The van der Waals surface area contributed by atoms with E-state index in [1.807, 2.05) is 0 Å². The third-order valence-electron chi connectivity index (χ3n) is 3.40. The SMILES string of the molecule is Cc1ccsc1C(C)NC1CCC(=O)N(C)C1=O. The van der Waals surface area contributed by atoms with Gasteiger partial charge in [0.05, 0.1) is 6.04 Å². The fourth-order valence-electron chi connectivity index (χ4n) is 2.28. The van der Waals surface area contributed by atoms with Crippen molar-refractivity contribution in [2.24, 2.45) is 0 Å². The number of likely N-dealkylation sites (tertiary alicyclic amines) is 1. The quantitative estimate of drug-likeness (QED) is 0.850. The highest BCUT2D eigenvalue weighted by molar-refractivity contribution is 7.10. The van der Waals surface area contributed by atoms with Crippen LogP contribution in [0.3, 0.4) is 0 Å². The van der Waals surface area contributed by atoms with Gasteiger partial charge in [0.25, 0.3) is 0 Å². The molecule has 1 aliphatic heterocycles. The van der Waals surface area contributed by atoms with Crippen LogP contribution in [0.5, 0.6) is 0 Å². The summed E-state index contributed by atoms with van der Waals surface area (Å²) in [6, 6.07) is 1.97. The normalized spacial score (nSPS) is 22.4. The van der Waals surface area contributed by atoms with Crippen molar-refractivity contribution >= 4 is 23.2 Å². The van der Waals surface area contributed by atoms with Crippen molar-refractivity contribution < 1.29 is 9.59 Å². The Labute approximate surface area is 111 Å². The van der Waals surface area contributed by atoms with Gasteiger partial charge in [0.1, 0.15) is 0 Å². The van der Waals surface area contributed by atoms with Gasteiger partial charge in [0, 0.05) is 24.4 Å². The van der Waals surface area contributed by atoms with Gasteiger partial charge in [-0.25, -0.2) is 0 Å². The van der Waals surface area contributed by atoms with E-state index in [1.54, 1.807) is 18.4 Å². The third kappa shape index (κ3) is 2.47. The van der Waals surface area contributed by atoms with Gasteiger partial charge in [-0.2, -0.15) is 0 Å². The topological polar surface area (TPSA) is 49.4 Å². The Kier molecular flexibility index (Phi) is 3.82. The van der Waals surface area contributed by atoms with Crippen LogP contribution < -0.4 is 5.32 Å². The molecule has 2 heterocycles. The number of carbonyl (C=O) groups is 2. The molecule has 0 saturated carbocycles. The Bertz CT molecular complexity index is 469. The number of imide groups is 1. The molecular weight excluding hydrogens is 248 g/mol. The van der Waals surface area contributed by atoms with Crippen LogP contribution in [0.15, 0.2) is 11.4 Å². The minimum absolute atomic E-state index is 0.0852. The summed E-state index contributed by atoms with van der Waals surface area (Å²) < 4.78 is 0. The number of amides is 2. The van der Waals surface area contributed by atoms with Gasteiger partial charge in [-0.05, 0) is 37.3 Å². The highest BCUT2D eigenvalue weighted by Crippen LogP contribution is 2.25. The van der Waals surface area contributed by atoms with Crippen LogP contribution >= 0.6 is 11.3 Å². The molecule has 1 fully saturated rings. The van der Waals surface area contributed by atoms with Crippen molar-refractivity contribution in [1.29, 1.82) is 0 Å². The summed E-state index contributed by atoms with van der Waals surface area (Å²) in [6.07, 6.45) is 1.03. The van der Waals surface area contributed by atoms with Crippen LogP contribution in [0.1, 0.15) is 36.2 Å². The minimum Gasteiger partial charge on any atom is -0.298 e. The van der Waals surface area contributed by atoms with Gasteiger partial charge in [0.2, 0.25) is 11.8 Å². The molecule has 5 heteroatoms. The maximum atomic E-state index is 12.0. The van der Waals surface area contributed by atoms with E-state index in [4.69, 9.17) is 0 Å². The molecule has 2 unspecified atom stereocenters. The van der Waals surface area contributed by atoms with Crippen molar-refractivity contribution in [3.63, 3.8) is 0 Å². The second-order valence-electron chi connectivity index (χ2n) is 4.74. The molecule has 2 rings (SSSR count). The van der Waals surface area contributed by atoms with E-state index in [2.05, 4.69) is 30.6 Å². The van der Waals surface area contributed by atoms with Crippen LogP contribution in [0, 0.1) is 6.92 Å². The number of carbonyl (C=O) groups excluding carboxylic acids is 2. The highest BCUT2D eigenvalue weighted by Gasteiger charge is 2.32. The average molecular weight is 266 g/mol. The largest absolute Gasteiger partial charge is 0.298 e. The van der Waals surface area contributed by atoms with Gasteiger partial charge in [-0.15, -0.1) is 11.3 Å². The predicted octanol–water partition coefficient (Wildman–Crippen LogP) is 1.85. The lowest BCUT2D eigenvalue weighted by Gasteiger charge is -2.30. The molecule has 98 valence electrons. The predicted molar refractivity (Wildman–Crippen MR) is 71.4 cm³/mol.